The molecular weight excluding hydrogens is 380 g/mol. The minimum atomic E-state index is -0.288. The molecule has 2 heterocycles. The van der Waals surface area contributed by atoms with Gasteiger partial charge in [-0.05, 0) is 42.7 Å². The number of fused-ring (bicyclic) bond motifs is 1. The summed E-state index contributed by atoms with van der Waals surface area (Å²) in [5.74, 6) is -0.594. The fourth-order valence-corrected chi connectivity index (χ4v) is 4.70. The van der Waals surface area contributed by atoms with E-state index in [1.54, 1.807) is 36.4 Å². The van der Waals surface area contributed by atoms with E-state index in [2.05, 4.69) is 0 Å². The molecule has 2 aromatic rings. The van der Waals surface area contributed by atoms with Crippen LogP contribution in [0.15, 0.2) is 48.5 Å². The molecule has 2 aromatic carbocycles. The van der Waals surface area contributed by atoms with Gasteiger partial charge >= 0.3 is 0 Å². The maximum absolute atomic E-state index is 13.2. The number of benzene rings is 2. The minimum absolute atomic E-state index is 0.0176. The Bertz CT molecular complexity index is 992. The maximum atomic E-state index is 13.2. The van der Waals surface area contributed by atoms with E-state index in [-0.39, 0.29) is 29.7 Å². The molecule has 2 fully saturated rings. The highest BCUT2D eigenvalue weighted by Crippen LogP contribution is 2.42. The first-order valence-corrected chi connectivity index (χ1v) is 10.5. The molecule has 0 N–H and O–H groups in total. The van der Waals surface area contributed by atoms with E-state index in [1.807, 2.05) is 17.0 Å². The third kappa shape index (κ3) is 3.21. The van der Waals surface area contributed by atoms with Gasteiger partial charge in [0.15, 0.2) is 0 Å². The van der Waals surface area contributed by atoms with Crippen molar-refractivity contribution in [2.45, 2.75) is 25.8 Å². The Morgan fingerprint density at radius 3 is 2.40 bits per heavy atom. The van der Waals surface area contributed by atoms with Gasteiger partial charge in [0.05, 0.1) is 30.9 Å². The minimum Gasteiger partial charge on any atom is -0.379 e. The van der Waals surface area contributed by atoms with E-state index in [0.29, 0.717) is 29.8 Å². The summed E-state index contributed by atoms with van der Waals surface area (Å²) in [5, 5.41) is 0. The predicted molar refractivity (Wildman–Crippen MR) is 110 cm³/mol. The molecule has 0 bridgehead atoms. The fourth-order valence-electron chi connectivity index (χ4n) is 4.70. The van der Waals surface area contributed by atoms with E-state index in [0.717, 1.165) is 31.6 Å². The molecular formula is C24H24N2O4. The smallest absolute Gasteiger partial charge is 0.261 e. The van der Waals surface area contributed by atoms with E-state index in [1.165, 1.54) is 11.3 Å². The third-order valence-electron chi connectivity index (χ3n) is 6.53. The standard InChI is InChI=1S/C24H24N2O4/c27-21(25-11-12-30-16-24(15-25)9-4-10-24)18-6-3-5-17(13-18)14-26-22(28)19-7-1-2-8-20(19)23(26)29/h1-3,5-8,13H,4,9-12,14-16H2. The number of rotatable bonds is 3. The molecule has 1 saturated carbocycles. The van der Waals surface area contributed by atoms with Gasteiger partial charge in [0.1, 0.15) is 0 Å². The number of hydrogen-bond donors (Lipinski definition) is 0. The number of nitrogens with zero attached hydrogens (tertiary/aromatic N) is 2. The fraction of sp³-hybridized carbons (Fsp3) is 0.375. The van der Waals surface area contributed by atoms with Gasteiger partial charge in [-0.3, -0.25) is 19.3 Å². The highest BCUT2D eigenvalue weighted by Gasteiger charge is 2.41. The van der Waals surface area contributed by atoms with Gasteiger partial charge in [-0.1, -0.05) is 30.7 Å². The lowest BCUT2D eigenvalue weighted by molar-refractivity contribution is 0.0104. The quantitative estimate of drug-likeness (QED) is 0.738. The highest BCUT2D eigenvalue weighted by molar-refractivity contribution is 6.21. The van der Waals surface area contributed by atoms with Gasteiger partial charge < -0.3 is 9.64 Å². The monoisotopic (exact) mass is 404 g/mol. The van der Waals surface area contributed by atoms with Crippen molar-refractivity contribution in [2.24, 2.45) is 5.41 Å². The summed E-state index contributed by atoms with van der Waals surface area (Å²) in [6.45, 7) is 2.76. The zero-order valence-corrected chi connectivity index (χ0v) is 16.8. The Morgan fingerprint density at radius 1 is 1.00 bits per heavy atom. The topological polar surface area (TPSA) is 66.9 Å². The van der Waals surface area contributed by atoms with Crippen molar-refractivity contribution in [3.05, 3.63) is 70.8 Å². The molecule has 3 aliphatic rings. The lowest BCUT2D eigenvalue weighted by atomic mass is 9.69. The number of carbonyl (C=O) groups excluding carboxylic acids is 3. The zero-order chi connectivity index (χ0) is 20.7. The Kier molecular flexibility index (Phi) is 4.66. The molecule has 154 valence electrons. The molecule has 6 heteroatoms. The van der Waals surface area contributed by atoms with Crippen molar-refractivity contribution in [2.75, 3.05) is 26.3 Å². The van der Waals surface area contributed by atoms with Crippen LogP contribution in [-0.4, -0.2) is 53.8 Å². The first-order valence-electron chi connectivity index (χ1n) is 10.5. The van der Waals surface area contributed by atoms with Crippen LogP contribution in [0.3, 0.4) is 0 Å². The van der Waals surface area contributed by atoms with E-state index in [9.17, 15) is 14.4 Å². The van der Waals surface area contributed by atoms with Gasteiger partial charge in [0.25, 0.3) is 17.7 Å². The van der Waals surface area contributed by atoms with Crippen LogP contribution in [0.4, 0.5) is 0 Å². The summed E-state index contributed by atoms with van der Waals surface area (Å²) in [6, 6.07) is 14.1. The van der Waals surface area contributed by atoms with Crippen molar-refractivity contribution in [3.8, 4) is 0 Å². The molecule has 5 rings (SSSR count). The predicted octanol–water partition coefficient (Wildman–Crippen LogP) is 3.13. The van der Waals surface area contributed by atoms with Gasteiger partial charge in [0.2, 0.25) is 0 Å². The molecule has 1 aliphatic carbocycles. The number of carbonyl (C=O) groups is 3. The molecule has 0 aromatic heterocycles. The molecule has 1 spiro atoms. The van der Waals surface area contributed by atoms with Gasteiger partial charge in [0, 0.05) is 24.1 Å². The first kappa shape index (κ1) is 19.0. The molecule has 1 saturated heterocycles. The van der Waals surface area contributed by atoms with Crippen molar-refractivity contribution < 1.29 is 19.1 Å². The van der Waals surface area contributed by atoms with E-state index < -0.39 is 0 Å². The summed E-state index contributed by atoms with van der Waals surface area (Å²) in [5.41, 5.74) is 2.33. The summed E-state index contributed by atoms with van der Waals surface area (Å²) >= 11 is 0. The van der Waals surface area contributed by atoms with Crippen LogP contribution >= 0.6 is 0 Å². The van der Waals surface area contributed by atoms with Crippen LogP contribution in [0.1, 0.15) is 55.9 Å². The van der Waals surface area contributed by atoms with Crippen molar-refractivity contribution in [1.82, 2.24) is 9.80 Å². The maximum Gasteiger partial charge on any atom is 0.261 e. The van der Waals surface area contributed by atoms with Crippen LogP contribution in [0, 0.1) is 5.41 Å². The van der Waals surface area contributed by atoms with Crippen LogP contribution in [0.2, 0.25) is 0 Å². The zero-order valence-electron chi connectivity index (χ0n) is 16.8. The van der Waals surface area contributed by atoms with Crippen LogP contribution in [0.25, 0.3) is 0 Å². The number of hydrogen-bond acceptors (Lipinski definition) is 4. The lowest BCUT2D eigenvalue weighted by Gasteiger charge is -2.42. The number of amides is 3. The Labute approximate surface area is 175 Å². The Hall–Kier alpha value is -2.99. The second kappa shape index (κ2) is 7.36. The summed E-state index contributed by atoms with van der Waals surface area (Å²) in [6.07, 6.45) is 3.41. The summed E-state index contributed by atoms with van der Waals surface area (Å²) in [7, 11) is 0. The largest absolute Gasteiger partial charge is 0.379 e. The second-order valence-electron chi connectivity index (χ2n) is 8.58. The second-order valence-corrected chi connectivity index (χ2v) is 8.58. The lowest BCUT2D eigenvalue weighted by Crippen LogP contribution is -2.45. The summed E-state index contributed by atoms with van der Waals surface area (Å²) in [4.78, 5) is 41.6. The van der Waals surface area contributed by atoms with Crippen molar-refractivity contribution >= 4 is 17.7 Å². The van der Waals surface area contributed by atoms with Gasteiger partial charge in [-0.2, -0.15) is 0 Å². The SMILES string of the molecule is O=C(c1cccc(CN2C(=O)c3ccccc3C2=O)c1)N1CCOCC2(CCC2)C1. The third-order valence-corrected chi connectivity index (χ3v) is 6.53. The Morgan fingerprint density at radius 2 is 1.73 bits per heavy atom. The average molecular weight is 404 g/mol. The van der Waals surface area contributed by atoms with E-state index >= 15 is 0 Å². The van der Waals surface area contributed by atoms with Crippen molar-refractivity contribution in [1.29, 1.82) is 0 Å². The highest BCUT2D eigenvalue weighted by atomic mass is 16.5. The normalized spacial score (nSPS) is 20.1. The van der Waals surface area contributed by atoms with Gasteiger partial charge in [-0.15, -0.1) is 0 Å². The van der Waals surface area contributed by atoms with Crippen LogP contribution in [0.5, 0.6) is 0 Å². The van der Waals surface area contributed by atoms with Gasteiger partial charge in [-0.25, -0.2) is 0 Å². The average Bonchev–Trinajstić information content (AvgIpc) is 2.92. The summed E-state index contributed by atoms with van der Waals surface area (Å²) < 4.78 is 5.76. The molecule has 0 unspecified atom stereocenters. The Balaban J connectivity index is 1.34. The number of ether oxygens (including phenoxy) is 1. The van der Waals surface area contributed by atoms with E-state index in [4.69, 9.17) is 4.74 Å². The molecule has 2 aliphatic heterocycles. The molecule has 0 radical (unpaired) electrons. The molecule has 6 nitrogen and oxygen atoms in total. The van der Waals surface area contributed by atoms with Crippen LogP contribution in [-0.2, 0) is 11.3 Å². The van der Waals surface area contributed by atoms with Crippen LogP contribution < -0.4 is 0 Å². The molecule has 0 atom stereocenters. The molecule has 30 heavy (non-hydrogen) atoms. The van der Waals surface area contributed by atoms with Crippen molar-refractivity contribution in [3.63, 3.8) is 0 Å². The molecule has 3 amide bonds. The first-order chi connectivity index (χ1) is 14.6. The number of imide groups is 1.